The highest BCUT2D eigenvalue weighted by atomic mass is 32.2. The Labute approximate surface area is 140 Å². The Kier molecular flexibility index (Phi) is 8.93. The van der Waals surface area contributed by atoms with Crippen LogP contribution in [0.1, 0.15) is 13.8 Å². The summed E-state index contributed by atoms with van der Waals surface area (Å²) >= 11 is 0. The average Bonchev–Trinajstić information content (AvgIpc) is 2.45. The van der Waals surface area contributed by atoms with Gasteiger partial charge in [0.25, 0.3) is 10.1 Å². The van der Waals surface area contributed by atoms with Gasteiger partial charge in [0.05, 0.1) is 0 Å². The molecule has 0 aromatic carbocycles. The van der Waals surface area contributed by atoms with Crippen LogP contribution >= 0.6 is 0 Å². The Morgan fingerprint density at radius 2 is 1.46 bits per heavy atom. The molecule has 0 aromatic rings. The smallest absolute Gasteiger partial charge is 0.330 e. The first-order valence-electron chi connectivity index (χ1n) is 6.79. The standard InChI is InChI=1S/C14H20O9S/c1-5-11(15)22-9(3)13(10(4)23-12(16)6-2)14(17)21-7-8-24(18,19)20/h5-6,9-10,13H,1-2,7-8H2,3-4H3,(H,18,19,20). The summed E-state index contributed by atoms with van der Waals surface area (Å²) in [5, 5.41) is 0. The highest BCUT2D eigenvalue weighted by Gasteiger charge is 2.36. The summed E-state index contributed by atoms with van der Waals surface area (Å²) in [5.74, 6) is -4.60. The van der Waals surface area contributed by atoms with Gasteiger partial charge in [0.2, 0.25) is 0 Å². The van der Waals surface area contributed by atoms with Gasteiger partial charge in [-0.05, 0) is 13.8 Å². The molecule has 24 heavy (non-hydrogen) atoms. The van der Waals surface area contributed by atoms with Crippen molar-refractivity contribution in [3.63, 3.8) is 0 Å². The van der Waals surface area contributed by atoms with Crippen molar-refractivity contribution in [2.75, 3.05) is 12.4 Å². The number of ether oxygens (including phenoxy) is 3. The van der Waals surface area contributed by atoms with E-state index in [0.29, 0.717) is 0 Å². The number of esters is 3. The minimum Gasteiger partial charge on any atom is -0.464 e. The first kappa shape index (κ1) is 21.8. The Morgan fingerprint density at radius 1 is 1.04 bits per heavy atom. The summed E-state index contributed by atoms with van der Waals surface area (Å²) in [6.45, 7) is 8.56. The van der Waals surface area contributed by atoms with Crippen molar-refractivity contribution < 1.29 is 41.6 Å². The molecule has 0 spiro atoms. The maximum absolute atomic E-state index is 12.1. The third kappa shape index (κ3) is 8.44. The topological polar surface area (TPSA) is 133 Å². The van der Waals surface area contributed by atoms with Crippen molar-refractivity contribution in [3.05, 3.63) is 25.3 Å². The highest BCUT2D eigenvalue weighted by Crippen LogP contribution is 2.18. The zero-order valence-corrected chi connectivity index (χ0v) is 14.2. The lowest BCUT2D eigenvalue weighted by molar-refractivity contribution is -0.168. The minimum absolute atomic E-state index is 0.613. The molecule has 0 rings (SSSR count). The zero-order valence-electron chi connectivity index (χ0n) is 13.3. The van der Waals surface area contributed by atoms with Crippen LogP contribution in [-0.4, -0.2) is 55.4 Å². The first-order chi connectivity index (χ1) is 11.0. The number of hydrogen-bond donors (Lipinski definition) is 1. The normalized spacial score (nSPS) is 14.6. The van der Waals surface area contributed by atoms with Crippen LogP contribution in [-0.2, 0) is 38.7 Å². The monoisotopic (exact) mass is 364 g/mol. The molecule has 0 radical (unpaired) electrons. The number of rotatable bonds is 10. The van der Waals surface area contributed by atoms with E-state index in [2.05, 4.69) is 13.2 Å². The molecular formula is C14H20O9S. The van der Waals surface area contributed by atoms with Crippen molar-refractivity contribution in [1.29, 1.82) is 0 Å². The summed E-state index contributed by atoms with van der Waals surface area (Å²) in [4.78, 5) is 34.7. The lowest BCUT2D eigenvalue weighted by atomic mass is 9.97. The van der Waals surface area contributed by atoms with Gasteiger partial charge in [-0.15, -0.1) is 0 Å². The summed E-state index contributed by atoms with van der Waals surface area (Å²) in [6.07, 6.45) is -0.336. The molecule has 0 aliphatic carbocycles. The van der Waals surface area contributed by atoms with Crippen molar-refractivity contribution in [1.82, 2.24) is 0 Å². The average molecular weight is 364 g/mol. The molecule has 0 fully saturated rings. The molecule has 9 nitrogen and oxygen atoms in total. The van der Waals surface area contributed by atoms with Gasteiger partial charge in [0, 0.05) is 12.2 Å². The van der Waals surface area contributed by atoms with Gasteiger partial charge < -0.3 is 14.2 Å². The van der Waals surface area contributed by atoms with E-state index in [-0.39, 0.29) is 0 Å². The summed E-state index contributed by atoms with van der Waals surface area (Å²) in [5.41, 5.74) is 0. The van der Waals surface area contributed by atoms with Crippen molar-refractivity contribution in [2.45, 2.75) is 26.1 Å². The predicted molar refractivity (Wildman–Crippen MR) is 82.4 cm³/mol. The molecule has 0 aliphatic heterocycles. The summed E-state index contributed by atoms with van der Waals surface area (Å²) < 4.78 is 44.4. The van der Waals surface area contributed by atoms with Crippen LogP contribution in [0.4, 0.5) is 0 Å². The molecule has 2 unspecified atom stereocenters. The van der Waals surface area contributed by atoms with E-state index in [9.17, 15) is 22.8 Å². The molecule has 0 saturated heterocycles. The van der Waals surface area contributed by atoms with Gasteiger partial charge in [-0.25, -0.2) is 9.59 Å². The molecule has 0 bridgehead atoms. The Bertz CT molecular complexity index is 565. The lowest BCUT2D eigenvalue weighted by Gasteiger charge is -2.26. The molecule has 2 atom stereocenters. The van der Waals surface area contributed by atoms with Gasteiger partial charge in [0.15, 0.2) is 0 Å². The summed E-state index contributed by atoms with van der Waals surface area (Å²) in [6, 6.07) is 0. The van der Waals surface area contributed by atoms with Crippen LogP contribution in [0, 0.1) is 5.92 Å². The van der Waals surface area contributed by atoms with Crippen LogP contribution in [0.15, 0.2) is 25.3 Å². The third-order valence-electron chi connectivity index (χ3n) is 2.81. The fourth-order valence-electron chi connectivity index (χ4n) is 1.72. The zero-order chi connectivity index (χ0) is 18.9. The quantitative estimate of drug-likeness (QED) is 0.251. The Morgan fingerprint density at radius 3 is 1.79 bits per heavy atom. The van der Waals surface area contributed by atoms with Crippen LogP contribution in [0.25, 0.3) is 0 Å². The second-order valence-electron chi connectivity index (χ2n) is 4.67. The van der Waals surface area contributed by atoms with E-state index in [1.54, 1.807) is 0 Å². The minimum atomic E-state index is -4.31. The van der Waals surface area contributed by atoms with Gasteiger partial charge >= 0.3 is 17.9 Å². The fourth-order valence-corrected chi connectivity index (χ4v) is 2.01. The molecule has 0 saturated carbocycles. The molecule has 0 heterocycles. The second-order valence-corrected chi connectivity index (χ2v) is 6.24. The summed E-state index contributed by atoms with van der Waals surface area (Å²) in [7, 11) is -4.31. The van der Waals surface area contributed by atoms with E-state index >= 15 is 0 Å². The van der Waals surface area contributed by atoms with Gasteiger partial charge in [0.1, 0.15) is 30.5 Å². The van der Waals surface area contributed by atoms with Crippen LogP contribution in [0.5, 0.6) is 0 Å². The van der Waals surface area contributed by atoms with Crippen LogP contribution < -0.4 is 0 Å². The van der Waals surface area contributed by atoms with E-state index in [1.165, 1.54) is 13.8 Å². The molecule has 136 valence electrons. The highest BCUT2D eigenvalue weighted by molar-refractivity contribution is 7.85. The van der Waals surface area contributed by atoms with Crippen molar-refractivity contribution >= 4 is 28.0 Å². The van der Waals surface area contributed by atoms with E-state index in [0.717, 1.165) is 12.2 Å². The van der Waals surface area contributed by atoms with Gasteiger partial charge in [-0.2, -0.15) is 8.42 Å². The van der Waals surface area contributed by atoms with Crippen LogP contribution in [0.2, 0.25) is 0 Å². The first-order valence-corrected chi connectivity index (χ1v) is 8.40. The van der Waals surface area contributed by atoms with Crippen LogP contribution in [0.3, 0.4) is 0 Å². The molecule has 10 heteroatoms. The lowest BCUT2D eigenvalue weighted by Crippen LogP contribution is -2.41. The number of hydrogen-bond acceptors (Lipinski definition) is 8. The molecular weight excluding hydrogens is 344 g/mol. The fraction of sp³-hybridized carbons (Fsp3) is 0.500. The molecule has 0 amide bonds. The van der Waals surface area contributed by atoms with E-state index in [1.807, 2.05) is 0 Å². The number of carbonyl (C=O) groups excluding carboxylic acids is 3. The third-order valence-corrected chi connectivity index (χ3v) is 3.49. The second kappa shape index (κ2) is 9.83. The largest absolute Gasteiger partial charge is 0.464 e. The van der Waals surface area contributed by atoms with Crippen molar-refractivity contribution in [2.24, 2.45) is 5.92 Å². The Balaban J connectivity index is 5.10. The maximum Gasteiger partial charge on any atom is 0.330 e. The maximum atomic E-state index is 12.1. The van der Waals surface area contributed by atoms with Gasteiger partial charge in [-0.3, -0.25) is 9.35 Å². The predicted octanol–water partition coefficient (Wildman–Crippen LogP) is 0.269. The van der Waals surface area contributed by atoms with E-state index in [4.69, 9.17) is 18.8 Å². The Hall–Kier alpha value is -2.20. The van der Waals surface area contributed by atoms with E-state index < -0.39 is 58.5 Å². The van der Waals surface area contributed by atoms with Gasteiger partial charge in [-0.1, -0.05) is 13.2 Å². The van der Waals surface area contributed by atoms with Crippen molar-refractivity contribution in [3.8, 4) is 0 Å². The molecule has 1 N–H and O–H groups in total. The molecule has 0 aromatic heterocycles. The number of carbonyl (C=O) groups is 3. The molecule has 0 aliphatic rings. The SMILES string of the molecule is C=CC(=O)OC(C)C(C(=O)OCCS(=O)(=O)O)C(C)OC(=O)C=C.